The van der Waals surface area contributed by atoms with Crippen LogP contribution in [0.1, 0.15) is 29.1 Å². The van der Waals surface area contributed by atoms with Gasteiger partial charge in [0.05, 0.1) is 18.5 Å². The van der Waals surface area contributed by atoms with E-state index in [0.29, 0.717) is 24.6 Å². The number of nitrogens with zero attached hydrogens (tertiary/aromatic N) is 5. The molecule has 0 aromatic carbocycles. The molecule has 2 aromatic heterocycles. The summed E-state index contributed by atoms with van der Waals surface area (Å²) in [6.07, 6.45) is 1.70. The molecule has 9 nitrogen and oxygen atoms in total. The number of carbonyl (C=O) groups is 1. The molecule has 2 heterocycles. The summed E-state index contributed by atoms with van der Waals surface area (Å²) in [7, 11) is 0. The van der Waals surface area contributed by atoms with Crippen molar-refractivity contribution in [3.05, 3.63) is 23.5 Å². The van der Waals surface area contributed by atoms with Crippen LogP contribution >= 0.6 is 0 Å². The van der Waals surface area contributed by atoms with Crippen molar-refractivity contribution in [2.45, 2.75) is 20.0 Å². The van der Waals surface area contributed by atoms with Gasteiger partial charge in [-0.05, 0) is 6.92 Å². The molecule has 0 aliphatic carbocycles. The van der Waals surface area contributed by atoms with Gasteiger partial charge in [-0.25, -0.2) is 14.5 Å². The second kappa shape index (κ2) is 5.36. The molecule has 0 unspecified atom stereocenters. The van der Waals surface area contributed by atoms with Gasteiger partial charge < -0.3 is 10.5 Å². The SMILES string of the molecule is CCOC(=O)c1n[nH]c(Cn2cc(CN)nn2)n1. The van der Waals surface area contributed by atoms with E-state index in [9.17, 15) is 4.79 Å². The fraction of sp³-hybridized carbons (Fsp3) is 0.444. The molecule has 2 rings (SSSR count). The highest BCUT2D eigenvalue weighted by atomic mass is 16.5. The maximum atomic E-state index is 11.3. The van der Waals surface area contributed by atoms with Crippen LogP contribution in [0, 0.1) is 0 Å². The minimum atomic E-state index is -0.554. The Morgan fingerprint density at radius 2 is 2.44 bits per heavy atom. The number of nitrogens with two attached hydrogens (primary N) is 1. The zero-order chi connectivity index (χ0) is 13.0. The number of nitrogens with one attached hydrogen (secondary N) is 1. The summed E-state index contributed by atoms with van der Waals surface area (Å²) < 4.78 is 6.33. The van der Waals surface area contributed by atoms with E-state index in [1.165, 1.54) is 0 Å². The first-order valence-corrected chi connectivity index (χ1v) is 5.40. The fourth-order valence-electron chi connectivity index (χ4n) is 1.32. The molecule has 0 aliphatic rings. The Hall–Kier alpha value is -2.29. The average molecular weight is 251 g/mol. The van der Waals surface area contributed by atoms with Gasteiger partial charge in [0.15, 0.2) is 0 Å². The Morgan fingerprint density at radius 1 is 1.61 bits per heavy atom. The molecule has 0 saturated carbocycles. The van der Waals surface area contributed by atoms with Gasteiger partial charge in [0, 0.05) is 6.54 Å². The molecule has 0 atom stereocenters. The van der Waals surface area contributed by atoms with E-state index in [0.717, 1.165) is 0 Å². The highest BCUT2D eigenvalue weighted by Gasteiger charge is 2.13. The van der Waals surface area contributed by atoms with E-state index in [4.69, 9.17) is 10.5 Å². The fourth-order valence-corrected chi connectivity index (χ4v) is 1.32. The van der Waals surface area contributed by atoms with Gasteiger partial charge >= 0.3 is 5.97 Å². The van der Waals surface area contributed by atoms with Gasteiger partial charge in [-0.2, -0.15) is 0 Å². The maximum Gasteiger partial charge on any atom is 0.378 e. The van der Waals surface area contributed by atoms with Crippen molar-refractivity contribution >= 4 is 5.97 Å². The molecule has 0 radical (unpaired) electrons. The first-order chi connectivity index (χ1) is 8.72. The predicted molar refractivity (Wildman–Crippen MR) is 59.4 cm³/mol. The van der Waals surface area contributed by atoms with Gasteiger partial charge in [-0.3, -0.25) is 5.10 Å². The Morgan fingerprint density at radius 3 is 3.11 bits per heavy atom. The van der Waals surface area contributed by atoms with Crippen molar-refractivity contribution in [2.75, 3.05) is 6.61 Å². The van der Waals surface area contributed by atoms with E-state index in [1.54, 1.807) is 17.8 Å². The summed E-state index contributed by atoms with van der Waals surface area (Å²) in [5.74, 6) is -0.0567. The van der Waals surface area contributed by atoms with Crippen molar-refractivity contribution in [1.82, 2.24) is 30.2 Å². The van der Waals surface area contributed by atoms with Crippen molar-refractivity contribution in [3.63, 3.8) is 0 Å². The average Bonchev–Trinajstić information content (AvgIpc) is 2.99. The second-order valence-electron chi connectivity index (χ2n) is 3.44. The van der Waals surface area contributed by atoms with Crippen LogP contribution in [0.15, 0.2) is 6.20 Å². The Balaban J connectivity index is 2.04. The van der Waals surface area contributed by atoms with Gasteiger partial charge in [-0.15, -0.1) is 10.2 Å². The molecule has 0 spiro atoms. The monoisotopic (exact) mass is 251 g/mol. The van der Waals surface area contributed by atoms with Crippen LogP contribution in [-0.2, 0) is 17.8 Å². The van der Waals surface area contributed by atoms with Gasteiger partial charge in [0.25, 0.3) is 5.82 Å². The normalized spacial score (nSPS) is 10.6. The van der Waals surface area contributed by atoms with Gasteiger partial charge in [0.2, 0.25) is 0 Å². The largest absolute Gasteiger partial charge is 0.460 e. The summed E-state index contributed by atoms with van der Waals surface area (Å²) in [5.41, 5.74) is 6.10. The van der Waals surface area contributed by atoms with Crippen LogP contribution < -0.4 is 5.73 Å². The molecule has 96 valence electrons. The highest BCUT2D eigenvalue weighted by molar-refractivity contribution is 5.84. The number of aromatic amines is 1. The van der Waals surface area contributed by atoms with Crippen LogP contribution in [0.25, 0.3) is 0 Å². The molecular weight excluding hydrogens is 238 g/mol. The second-order valence-corrected chi connectivity index (χ2v) is 3.44. The van der Waals surface area contributed by atoms with Crippen molar-refractivity contribution in [3.8, 4) is 0 Å². The molecule has 0 aliphatic heterocycles. The smallest absolute Gasteiger partial charge is 0.378 e. The molecule has 0 bridgehead atoms. The third-order valence-corrected chi connectivity index (χ3v) is 2.10. The molecular formula is C9H13N7O2. The Kier molecular flexibility index (Phi) is 3.63. The Labute approximate surface area is 102 Å². The first-order valence-electron chi connectivity index (χ1n) is 5.40. The van der Waals surface area contributed by atoms with Crippen LogP contribution in [0.2, 0.25) is 0 Å². The summed E-state index contributed by atoms with van der Waals surface area (Å²) in [6, 6.07) is 0. The zero-order valence-corrected chi connectivity index (χ0v) is 9.83. The lowest BCUT2D eigenvalue weighted by Gasteiger charge is -1.95. The van der Waals surface area contributed by atoms with Crippen molar-refractivity contribution < 1.29 is 9.53 Å². The molecule has 0 fully saturated rings. The maximum absolute atomic E-state index is 11.3. The molecule has 9 heteroatoms. The van der Waals surface area contributed by atoms with Crippen molar-refractivity contribution in [2.24, 2.45) is 5.73 Å². The third kappa shape index (κ3) is 2.69. The van der Waals surface area contributed by atoms with E-state index in [2.05, 4.69) is 25.5 Å². The summed E-state index contributed by atoms with van der Waals surface area (Å²) in [6.45, 7) is 2.66. The van der Waals surface area contributed by atoms with Gasteiger partial charge in [0.1, 0.15) is 12.4 Å². The molecule has 18 heavy (non-hydrogen) atoms. The molecule has 0 saturated heterocycles. The minimum Gasteiger partial charge on any atom is -0.460 e. The van der Waals surface area contributed by atoms with E-state index >= 15 is 0 Å². The van der Waals surface area contributed by atoms with E-state index in [-0.39, 0.29) is 12.4 Å². The number of aromatic nitrogens is 6. The number of hydrogen-bond donors (Lipinski definition) is 2. The summed E-state index contributed by atoms with van der Waals surface area (Å²) in [5, 5.41) is 14.1. The van der Waals surface area contributed by atoms with Crippen LogP contribution in [0.5, 0.6) is 0 Å². The molecule has 2 aromatic rings. The highest BCUT2D eigenvalue weighted by Crippen LogP contribution is 1.99. The number of esters is 1. The van der Waals surface area contributed by atoms with Crippen molar-refractivity contribution in [1.29, 1.82) is 0 Å². The first kappa shape index (κ1) is 12.2. The predicted octanol–water partition coefficient (Wildman–Crippen LogP) is -0.920. The summed E-state index contributed by atoms with van der Waals surface area (Å²) >= 11 is 0. The quantitative estimate of drug-likeness (QED) is 0.658. The summed E-state index contributed by atoms with van der Waals surface area (Å²) in [4.78, 5) is 15.3. The lowest BCUT2D eigenvalue weighted by molar-refractivity contribution is 0.0512. The lowest BCUT2D eigenvalue weighted by Crippen LogP contribution is -2.07. The Bertz CT molecular complexity index is 533. The third-order valence-electron chi connectivity index (χ3n) is 2.10. The van der Waals surface area contributed by atoms with E-state index in [1.807, 2.05) is 0 Å². The number of rotatable bonds is 5. The molecule has 3 N–H and O–H groups in total. The number of H-pyrrole nitrogens is 1. The number of carbonyl (C=O) groups excluding carboxylic acids is 1. The standard InChI is InChI=1S/C9H13N7O2/c1-2-18-9(17)8-11-7(13-14-8)5-16-4-6(3-10)12-15-16/h4H,2-3,5,10H2,1H3,(H,11,13,14). The zero-order valence-electron chi connectivity index (χ0n) is 9.83. The number of hydrogen-bond acceptors (Lipinski definition) is 7. The van der Waals surface area contributed by atoms with Gasteiger partial charge in [-0.1, -0.05) is 5.21 Å². The van der Waals surface area contributed by atoms with Crippen LogP contribution in [0.3, 0.4) is 0 Å². The molecule has 0 amide bonds. The number of ether oxygens (including phenoxy) is 1. The van der Waals surface area contributed by atoms with E-state index < -0.39 is 5.97 Å². The minimum absolute atomic E-state index is 0.00557. The van der Waals surface area contributed by atoms with Crippen LogP contribution in [-0.4, -0.2) is 42.8 Å². The van der Waals surface area contributed by atoms with Crippen LogP contribution in [0.4, 0.5) is 0 Å². The lowest BCUT2D eigenvalue weighted by atomic mass is 10.5. The topological polar surface area (TPSA) is 125 Å².